The molecule has 0 fully saturated rings. The Kier molecular flexibility index (Phi) is 3.64. The highest BCUT2D eigenvalue weighted by Crippen LogP contribution is 2.36. The largest absolute Gasteiger partial charge is 0.463 e. The van der Waals surface area contributed by atoms with Crippen LogP contribution in [0.5, 0.6) is 5.75 Å². The van der Waals surface area contributed by atoms with Crippen molar-refractivity contribution in [2.45, 2.75) is 45.7 Å². The summed E-state index contributed by atoms with van der Waals surface area (Å²) in [6.07, 6.45) is 5.69. The Labute approximate surface area is 151 Å². The summed E-state index contributed by atoms with van der Waals surface area (Å²) in [5.74, 6) is 1.84. The highest BCUT2D eigenvalue weighted by Gasteiger charge is 2.27. The Bertz CT molecular complexity index is 1030. The molecule has 3 aromatic rings. The topological polar surface area (TPSA) is 57.0 Å². The van der Waals surface area contributed by atoms with Crippen molar-refractivity contribution >= 4 is 11.0 Å². The molecule has 1 aliphatic heterocycles. The van der Waals surface area contributed by atoms with Gasteiger partial charge in [-0.05, 0) is 56.4 Å². The number of hydrogen-bond acceptors (Lipinski definition) is 4. The van der Waals surface area contributed by atoms with Crippen molar-refractivity contribution in [2.24, 2.45) is 0 Å². The lowest BCUT2D eigenvalue weighted by Gasteiger charge is -2.27. The van der Waals surface area contributed by atoms with Gasteiger partial charge in [-0.15, -0.1) is 0 Å². The van der Waals surface area contributed by atoms with E-state index in [1.54, 1.807) is 6.26 Å². The van der Waals surface area contributed by atoms with Gasteiger partial charge in [-0.2, -0.15) is 0 Å². The number of rotatable bonds is 2. The Morgan fingerprint density at radius 3 is 2.85 bits per heavy atom. The van der Waals surface area contributed by atoms with Crippen LogP contribution in [0.4, 0.5) is 0 Å². The van der Waals surface area contributed by atoms with Gasteiger partial charge >= 0.3 is 5.63 Å². The summed E-state index contributed by atoms with van der Waals surface area (Å²) in [4.78, 5) is 13.7. The molecule has 1 N–H and O–H groups in total. The number of furan rings is 1. The van der Waals surface area contributed by atoms with E-state index in [1.807, 2.05) is 19.1 Å². The van der Waals surface area contributed by atoms with Crippen molar-refractivity contribution < 1.29 is 18.5 Å². The number of quaternary nitrogens is 1. The van der Waals surface area contributed by atoms with E-state index in [9.17, 15) is 4.79 Å². The average Bonchev–Trinajstić information content (AvgIpc) is 3.16. The van der Waals surface area contributed by atoms with Gasteiger partial charge in [0, 0.05) is 22.1 Å². The van der Waals surface area contributed by atoms with E-state index in [0.717, 1.165) is 66.8 Å². The lowest BCUT2D eigenvalue weighted by Crippen LogP contribution is -3.10. The minimum Gasteiger partial charge on any atom is -0.463 e. The summed E-state index contributed by atoms with van der Waals surface area (Å²) in [6.45, 7) is 4.25. The fraction of sp³-hybridized carbons (Fsp3) is 0.381. The molecule has 5 heteroatoms. The Morgan fingerprint density at radius 2 is 2.04 bits per heavy atom. The second-order valence-corrected chi connectivity index (χ2v) is 7.39. The molecule has 26 heavy (non-hydrogen) atoms. The van der Waals surface area contributed by atoms with Crippen molar-refractivity contribution in [3.8, 4) is 5.75 Å². The maximum Gasteiger partial charge on any atom is 0.339 e. The lowest BCUT2D eigenvalue weighted by atomic mass is 9.89. The number of benzene rings is 1. The van der Waals surface area contributed by atoms with Gasteiger partial charge < -0.3 is 13.6 Å². The van der Waals surface area contributed by atoms with Crippen molar-refractivity contribution in [2.75, 3.05) is 6.73 Å². The number of nitrogens with one attached hydrogen (secondary N) is 1. The standard InChI is InChI=1S/C21H21NO4/c1-13-19-14(10-22(12-25-19)11-15-5-4-8-24-15)9-18-16-6-2-3-7-17(16)21(23)26-20(13)18/h4-5,8-9H,2-3,6-7,10-12H2,1H3/p+1. The third-order valence-corrected chi connectivity index (χ3v) is 5.64. The molecular formula is C21H22NO4+. The number of aryl methyl sites for hydroxylation is 2. The molecule has 1 unspecified atom stereocenters. The molecule has 0 saturated heterocycles. The minimum absolute atomic E-state index is 0.170. The zero-order valence-electron chi connectivity index (χ0n) is 14.9. The van der Waals surface area contributed by atoms with Crippen molar-refractivity contribution in [1.29, 1.82) is 0 Å². The molecule has 0 amide bonds. The summed E-state index contributed by atoms with van der Waals surface area (Å²) in [6, 6.07) is 6.10. The van der Waals surface area contributed by atoms with Crippen LogP contribution in [0, 0.1) is 6.92 Å². The molecular weight excluding hydrogens is 330 g/mol. The number of fused-ring (bicyclic) bond motifs is 4. The molecule has 0 spiro atoms. The Hall–Kier alpha value is -2.53. The van der Waals surface area contributed by atoms with Crippen LogP contribution in [-0.2, 0) is 25.9 Å². The van der Waals surface area contributed by atoms with Crippen LogP contribution >= 0.6 is 0 Å². The molecule has 0 bridgehead atoms. The van der Waals surface area contributed by atoms with E-state index in [-0.39, 0.29) is 5.63 Å². The van der Waals surface area contributed by atoms with Crippen LogP contribution in [-0.4, -0.2) is 6.73 Å². The van der Waals surface area contributed by atoms with E-state index >= 15 is 0 Å². The molecule has 0 saturated carbocycles. The van der Waals surface area contributed by atoms with E-state index in [0.29, 0.717) is 12.3 Å². The minimum atomic E-state index is -0.170. The quantitative estimate of drug-likeness (QED) is 0.720. The molecule has 0 radical (unpaired) electrons. The third kappa shape index (κ3) is 2.46. The fourth-order valence-electron chi connectivity index (χ4n) is 4.39. The maximum atomic E-state index is 12.4. The van der Waals surface area contributed by atoms with Crippen LogP contribution in [0.15, 0.2) is 38.1 Å². The van der Waals surface area contributed by atoms with E-state index in [1.165, 1.54) is 16.0 Å². The fourth-order valence-corrected chi connectivity index (χ4v) is 4.39. The highest BCUT2D eigenvalue weighted by atomic mass is 16.5. The van der Waals surface area contributed by atoms with Gasteiger partial charge in [-0.1, -0.05) is 0 Å². The third-order valence-electron chi connectivity index (χ3n) is 5.64. The van der Waals surface area contributed by atoms with Crippen LogP contribution in [0.1, 0.15) is 40.9 Å². The monoisotopic (exact) mass is 352 g/mol. The van der Waals surface area contributed by atoms with E-state index in [2.05, 4.69) is 6.07 Å². The van der Waals surface area contributed by atoms with Gasteiger partial charge in [0.15, 0.2) is 5.76 Å². The summed E-state index contributed by atoms with van der Waals surface area (Å²) in [5.41, 5.74) is 4.72. The maximum absolute atomic E-state index is 12.4. The molecule has 1 aromatic carbocycles. The van der Waals surface area contributed by atoms with Crippen LogP contribution in [0.3, 0.4) is 0 Å². The molecule has 2 aromatic heterocycles. The Balaban J connectivity index is 1.60. The normalized spacial score (nSPS) is 19.0. The first-order chi connectivity index (χ1) is 12.7. The van der Waals surface area contributed by atoms with E-state index < -0.39 is 0 Å². The second-order valence-electron chi connectivity index (χ2n) is 7.39. The predicted octanol–water partition coefficient (Wildman–Crippen LogP) is 2.51. The van der Waals surface area contributed by atoms with Crippen LogP contribution < -0.4 is 15.3 Å². The Morgan fingerprint density at radius 1 is 1.19 bits per heavy atom. The van der Waals surface area contributed by atoms with Crippen LogP contribution in [0.2, 0.25) is 0 Å². The van der Waals surface area contributed by atoms with Gasteiger partial charge in [-0.25, -0.2) is 4.79 Å². The van der Waals surface area contributed by atoms with Crippen molar-refractivity contribution in [3.05, 3.63) is 62.9 Å². The molecule has 2 aliphatic rings. The van der Waals surface area contributed by atoms with Gasteiger partial charge in [0.05, 0.1) is 6.26 Å². The van der Waals surface area contributed by atoms with Crippen molar-refractivity contribution in [3.63, 3.8) is 0 Å². The molecule has 1 aliphatic carbocycles. The molecule has 134 valence electrons. The molecule has 1 atom stereocenters. The van der Waals surface area contributed by atoms with Gasteiger partial charge in [0.2, 0.25) is 6.73 Å². The zero-order chi connectivity index (χ0) is 17.7. The summed E-state index contributed by atoms with van der Waals surface area (Å²) >= 11 is 0. The first-order valence-corrected chi connectivity index (χ1v) is 9.30. The van der Waals surface area contributed by atoms with Gasteiger partial charge in [0.1, 0.15) is 24.4 Å². The van der Waals surface area contributed by atoms with Crippen molar-refractivity contribution in [1.82, 2.24) is 0 Å². The first-order valence-electron chi connectivity index (χ1n) is 9.30. The van der Waals surface area contributed by atoms with Gasteiger partial charge in [-0.3, -0.25) is 4.90 Å². The smallest absolute Gasteiger partial charge is 0.339 e. The average molecular weight is 352 g/mol. The molecule has 5 rings (SSSR count). The lowest BCUT2D eigenvalue weighted by molar-refractivity contribution is -0.946. The zero-order valence-corrected chi connectivity index (χ0v) is 14.9. The summed E-state index contributed by atoms with van der Waals surface area (Å²) in [7, 11) is 0. The molecule has 3 heterocycles. The molecule has 5 nitrogen and oxygen atoms in total. The number of ether oxygens (including phenoxy) is 1. The van der Waals surface area contributed by atoms with E-state index in [4.69, 9.17) is 13.6 Å². The van der Waals surface area contributed by atoms with Crippen LogP contribution in [0.25, 0.3) is 11.0 Å². The highest BCUT2D eigenvalue weighted by molar-refractivity contribution is 5.87. The SMILES string of the molecule is Cc1c2c(cc3c4c(c(=O)oc13)CCCC4)C[NH+](Cc1ccco1)CO2. The first kappa shape index (κ1) is 15.7. The predicted molar refractivity (Wildman–Crippen MR) is 96.4 cm³/mol. The summed E-state index contributed by atoms with van der Waals surface area (Å²) in [5, 5.41) is 1.10. The second kappa shape index (κ2) is 6.02. The number of hydrogen-bond donors (Lipinski definition) is 1. The van der Waals surface area contributed by atoms with Gasteiger partial charge in [0.25, 0.3) is 0 Å². The summed E-state index contributed by atoms with van der Waals surface area (Å²) < 4.78 is 17.3.